The van der Waals surface area contributed by atoms with Gasteiger partial charge in [0.1, 0.15) is 5.54 Å². The molecule has 0 spiro atoms. The summed E-state index contributed by atoms with van der Waals surface area (Å²) in [5, 5.41) is 9.26. The van der Waals surface area contributed by atoms with Gasteiger partial charge in [-0.3, -0.25) is 4.79 Å². The first-order chi connectivity index (χ1) is 7.92. The van der Waals surface area contributed by atoms with Crippen molar-refractivity contribution < 1.29 is 14.7 Å². The molecule has 1 rings (SSSR count). The van der Waals surface area contributed by atoms with Crippen molar-refractivity contribution in [2.24, 2.45) is 16.7 Å². The molecule has 0 saturated heterocycles. The lowest BCUT2D eigenvalue weighted by molar-refractivity contribution is -0.157. The average Bonchev–Trinajstić information content (AvgIpc) is 2.57. The number of nitrogens with zero attached hydrogens (tertiary/aromatic N) is 1. The van der Waals surface area contributed by atoms with Gasteiger partial charge in [-0.2, -0.15) is 0 Å². The summed E-state index contributed by atoms with van der Waals surface area (Å²) in [5.74, 6) is -1.10. The van der Waals surface area contributed by atoms with Gasteiger partial charge in [-0.05, 0) is 31.6 Å². The number of carbonyl (C=O) groups excluding carboxylic acids is 1. The molecule has 0 heterocycles. The molecule has 0 aromatic rings. The molecule has 1 aliphatic carbocycles. The third-order valence-electron chi connectivity index (χ3n) is 5.05. The van der Waals surface area contributed by atoms with Crippen molar-refractivity contribution in [3.8, 4) is 0 Å². The summed E-state index contributed by atoms with van der Waals surface area (Å²) in [7, 11) is 0. The molecule has 0 atom stereocenters. The Hall–Kier alpha value is -1.06. The summed E-state index contributed by atoms with van der Waals surface area (Å²) >= 11 is 0. The van der Waals surface area contributed by atoms with Gasteiger partial charge in [-0.1, -0.05) is 27.7 Å². The highest BCUT2D eigenvalue weighted by atomic mass is 16.4. The van der Waals surface area contributed by atoms with Crippen LogP contribution in [0.25, 0.3) is 0 Å². The summed E-state index contributed by atoms with van der Waals surface area (Å²) in [6.07, 6.45) is 0. The summed E-state index contributed by atoms with van der Waals surface area (Å²) in [5.41, 5.74) is -1.28. The Balaban J connectivity index is 3.01. The van der Waals surface area contributed by atoms with E-state index in [1.807, 2.05) is 6.92 Å². The Morgan fingerprint density at radius 3 is 1.78 bits per heavy atom. The summed E-state index contributed by atoms with van der Waals surface area (Å²) in [4.78, 5) is 25.4. The fourth-order valence-electron chi connectivity index (χ4n) is 2.91. The van der Waals surface area contributed by atoms with Crippen molar-refractivity contribution in [3.05, 3.63) is 0 Å². The third kappa shape index (κ3) is 1.82. The molecule has 1 aliphatic rings. The molecule has 0 unspecified atom stereocenters. The van der Waals surface area contributed by atoms with E-state index in [4.69, 9.17) is 0 Å². The molecule has 4 nitrogen and oxygen atoms in total. The van der Waals surface area contributed by atoms with Gasteiger partial charge in [0.15, 0.2) is 0 Å². The normalized spacial score (nSPS) is 21.5. The third-order valence-corrected chi connectivity index (χ3v) is 5.05. The zero-order valence-electron chi connectivity index (χ0n) is 12.5. The van der Waals surface area contributed by atoms with Crippen LogP contribution in [0.15, 0.2) is 0 Å². The van der Waals surface area contributed by atoms with Gasteiger partial charge in [0, 0.05) is 12.5 Å². The molecule has 0 radical (unpaired) electrons. The van der Waals surface area contributed by atoms with Crippen molar-refractivity contribution in [2.75, 3.05) is 6.54 Å². The lowest BCUT2D eigenvalue weighted by Crippen LogP contribution is -2.53. The molecule has 1 fully saturated rings. The Labute approximate surface area is 109 Å². The molecular weight excluding hydrogens is 230 g/mol. The maximum Gasteiger partial charge on any atom is 0.329 e. The second-order valence-electron chi connectivity index (χ2n) is 6.82. The molecule has 1 saturated carbocycles. The summed E-state index contributed by atoms with van der Waals surface area (Å²) < 4.78 is 0. The minimum absolute atomic E-state index is 0.0418. The van der Waals surface area contributed by atoms with Gasteiger partial charge in [0.25, 0.3) is 0 Å². The maximum atomic E-state index is 12.6. The first kappa shape index (κ1) is 15.0. The van der Waals surface area contributed by atoms with Crippen LogP contribution < -0.4 is 0 Å². The van der Waals surface area contributed by atoms with Gasteiger partial charge >= 0.3 is 5.97 Å². The minimum atomic E-state index is -1.15. The van der Waals surface area contributed by atoms with E-state index in [1.165, 1.54) is 4.90 Å². The summed E-state index contributed by atoms with van der Waals surface area (Å²) in [6.45, 7) is 13.7. The smallest absolute Gasteiger partial charge is 0.329 e. The Morgan fingerprint density at radius 1 is 1.17 bits per heavy atom. The monoisotopic (exact) mass is 255 g/mol. The van der Waals surface area contributed by atoms with Crippen LogP contribution in [0.3, 0.4) is 0 Å². The van der Waals surface area contributed by atoms with Crippen LogP contribution in [0.5, 0.6) is 0 Å². The number of aliphatic carboxylic acids is 1. The molecule has 18 heavy (non-hydrogen) atoms. The predicted molar refractivity (Wildman–Crippen MR) is 70.2 cm³/mol. The lowest BCUT2D eigenvalue weighted by Gasteiger charge is -2.35. The Morgan fingerprint density at radius 2 is 1.56 bits per heavy atom. The van der Waals surface area contributed by atoms with Crippen LogP contribution >= 0.6 is 0 Å². The number of hydrogen-bond donors (Lipinski definition) is 1. The highest BCUT2D eigenvalue weighted by Gasteiger charge is 2.69. The maximum absolute atomic E-state index is 12.6. The molecule has 0 aliphatic heterocycles. The van der Waals surface area contributed by atoms with Gasteiger partial charge in [0.2, 0.25) is 5.91 Å². The topological polar surface area (TPSA) is 57.6 Å². The number of rotatable bonds is 4. The predicted octanol–water partition coefficient (Wildman–Crippen LogP) is 2.38. The van der Waals surface area contributed by atoms with Gasteiger partial charge in [0.05, 0.1) is 0 Å². The van der Waals surface area contributed by atoms with Crippen LogP contribution in [0.4, 0.5) is 0 Å². The SMILES string of the molecule is CCN(C(=O)C1C(C)(C)C1(C)C)C(C)(C)C(=O)O. The fraction of sp³-hybridized carbons (Fsp3) is 0.857. The second kappa shape index (κ2) is 3.97. The first-order valence-electron chi connectivity index (χ1n) is 6.47. The van der Waals surface area contributed by atoms with E-state index in [0.717, 1.165) is 0 Å². The van der Waals surface area contributed by atoms with E-state index in [2.05, 4.69) is 27.7 Å². The number of amides is 1. The van der Waals surface area contributed by atoms with Crippen LogP contribution in [0, 0.1) is 16.7 Å². The van der Waals surface area contributed by atoms with Crippen molar-refractivity contribution in [2.45, 2.75) is 54.0 Å². The molecule has 0 aromatic carbocycles. The molecule has 1 amide bonds. The van der Waals surface area contributed by atoms with Crippen molar-refractivity contribution in [3.63, 3.8) is 0 Å². The second-order valence-corrected chi connectivity index (χ2v) is 6.82. The molecule has 0 bridgehead atoms. The molecule has 0 aromatic heterocycles. The highest BCUT2D eigenvalue weighted by molar-refractivity contribution is 5.90. The Bertz CT molecular complexity index is 369. The number of carboxylic acid groups (broad SMARTS) is 1. The fourth-order valence-corrected chi connectivity index (χ4v) is 2.91. The number of hydrogen-bond acceptors (Lipinski definition) is 2. The van der Waals surface area contributed by atoms with Crippen molar-refractivity contribution >= 4 is 11.9 Å². The van der Waals surface area contributed by atoms with Crippen LogP contribution in [-0.4, -0.2) is 34.0 Å². The van der Waals surface area contributed by atoms with E-state index < -0.39 is 11.5 Å². The van der Waals surface area contributed by atoms with Crippen LogP contribution in [0.1, 0.15) is 48.5 Å². The van der Waals surface area contributed by atoms with E-state index in [-0.39, 0.29) is 22.7 Å². The largest absolute Gasteiger partial charge is 0.480 e. The van der Waals surface area contributed by atoms with Gasteiger partial charge in [-0.15, -0.1) is 0 Å². The average molecular weight is 255 g/mol. The van der Waals surface area contributed by atoms with Gasteiger partial charge < -0.3 is 10.0 Å². The standard InChI is InChI=1S/C14H25NO3/c1-8-15(14(6,7)11(17)18)10(16)9-12(2,3)13(9,4)5/h9H,8H2,1-7H3,(H,17,18). The Kier molecular flexibility index (Phi) is 3.31. The van der Waals surface area contributed by atoms with Crippen molar-refractivity contribution in [1.29, 1.82) is 0 Å². The van der Waals surface area contributed by atoms with E-state index in [1.54, 1.807) is 13.8 Å². The van der Waals surface area contributed by atoms with E-state index in [0.29, 0.717) is 6.54 Å². The molecule has 1 N–H and O–H groups in total. The number of carbonyl (C=O) groups is 2. The minimum Gasteiger partial charge on any atom is -0.480 e. The zero-order valence-corrected chi connectivity index (χ0v) is 12.5. The first-order valence-corrected chi connectivity index (χ1v) is 6.47. The van der Waals surface area contributed by atoms with Gasteiger partial charge in [-0.25, -0.2) is 4.79 Å². The summed E-state index contributed by atoms with van der Waals surface area (Å²) in [6, 6.07) is 0. The van der Waals surface area contributed by atoms with E-state index >= 15 is 0 Å². The zero-order chi connectivity index (χ0) is 14.5. The lowest BCUT2D eigenvalue weighted by atomic mass is 10.0. The van der Waals surface area contributed by atoms with E-state index in [9.17, 15) is 14.7 Å². The molecule has 104 valence electrons. The highest BCUT2D eigenvalue weighted by Crippen LogP contribution is 2.69. The van der Waals surface area contributed by atoms with Crippen molar-refractivity contribution in [1.82, 2.24) is 4.90 Å². The van der Waals surface area contributed by atoms with Crippen LogP contribution in [0.2, 0.25) is 0 Å². The quantitative estimate of drug-likeness (QED) is 0.839. The van der Waals surface area contributed by atoms with Crippen LogP contribution in [-0.2, 0) is 9.59 Å². The molecular formula is C14H25NO3. The number of likely N-dealkylation sites (N-methyl/N-ethyl adjacent to an activating group) is 1. The number of carboxylic acids is 1. The molecule has 4 heteroatoms.